The fourth-order valence-corrected chi connectivity index (χ4v) is 2.02. The van der Waals surface area contributed by atoms with Gasteiger partial charge in [0.1, 0.15) is 11.9 Å². The molecular weight excluding hydrogens is 204 g/mol. The van der Waals surface area contributed by atoms with Gasteiger partial charge in [-0.2, -0.15) is 0 Å². The van der Waals surface area contributed by atoms with Crippen LogP contribution in [0.5, 0.6) is 5.75 Å². The highest BCUT2D eigenvalue weighted by Crippen LogP contribution is 2.35. The zero-order valence-electron chi connectivity index (χ0n) is 9.68. The summed E-state index contributed by atoms with van der Waals surface area (Å²) in [5, 5.41) is 20.0. The summed E-state index contributed by atoms with van der Waals surface area (Å²) in [7, 11) is 0. The van der Waals surface area contributed by atoms with Gasteiger partial charge in [-0.25, -0.2) is 0 Å². The van der Waals surface area contributed by atoms with Crippen LogP contribution in [0.15, 0.2) is 18.2 Å². The maximum Gasteiger partial charge on any atom is 0.128 e. The van der Waals surface area contributed by atoms with Gasteiger partial charge in [0.15, 0.2) is 0 Å². The largest absolute Gasteiger partial charge is 0.493 e. The van der Waals surface area contributed by atoms with Crippen LogP contribution in [0.1, 0.15) is 31.1 Å². The molecule has 1 aliphatic heterocycles. The van der Waals surface area contributed by atoms with Crippen molar-refractivity contribution in [2.24, 2.45) is 5.92 Å². The van der Waals surface area contributed by atoms with E-state index in [0.717, 1.165) is 17.7 Å². The Bertz CT molecular complexity index is 373. The molecule has 0 aromatic heterocycles. The first-order chi connectivity index (χ1) is 7.61. The Kier molecular flexibility index (Phi) is 3.17. The minimum absolute atomic E-state index is 0.0206. The van der Waals surface area contributed by atoms with E-state index in [9.17, 15) is 10.2 Å². The highest BCUT2D eigenvalue weighted by molar-refractivity contribution is 5.45. The first-order valence-corrected chi connectivity index (χ1v) is 5.72. The van der Waals surface area contributed by atoms with Gasteiger partial charge in [0.25, 0.3) is 0 Å². The van der Waals surface area contributed by atoms with Crippen molar-refractivity contribution in [3.05, 3.63) is 29.3 Å². The highest BCUT2D eigenvalue weighted by atomic mass is 16.5. The van der Waals surface area contributed by atoms with Crippen molar-refractivity contribution >= 4 is 0 Å². The van der Waals surface area contributed by atoms with Gasteiger partial charge < -0.3 is 14.9 Å². The predicted molar refractivity (Wildman–Crippen MR) is 61.4 cm³/mol. The number of hydrogen-bond acceptors (Lipinski definition) is 3. The molecule has 1 heterocycles. The van der Waals surface area contributed by atoms with Crippen molar-refractivity contribution in [1.29, 1.82) is 0 Å². The average molecular weight is 222 g/mol. The summed E-state index contributed by atoms with van der Waals surface area (Å²) in [6.07, 6.45) is -0.739. The Balaban J connectivity index is 2.30. The van der Waals surface area contributed by atoms with Crippen LogP contribution in [0.4, 0.5) is 0 Å². The summed E-state index contributed by atoms with van der Waals surface area (Å²) in [6, 6.07) is 5.72. The molecule has 0 amide bonds. The molecule has 0 saturated heterocycles. The van der Waals surface area contributed by atoms with Crippen molar-refractivity contribution in [2.45, 2.75) is 32.5 Å². The Hall–Kier alpha value is -1.06. The molecule has 0 radical (unpaired) electrons. The number of para-hydroxylation sites is 1. The van der Waals surface area contributed by atoms with Crippen LogP contribution in [0.2, 0.25) is 0 Å². The van der Waals surface area contributed by atoms with Crippen LogP contribution < -0.4 is 4.74 Å². The molecule has 0 aliphatic carbocycles. The highest BCUT2D eigenvalue weighted by Gasteiger charge is 2.27. The fraction of sp³-hybridized carbons (Fsp3) is 0.538. The first-order valence-electron chi connectivity index (χ1n) is 5.72. The zero-order chi connectivity index (χ0) is 11.7. The lowest BCUT2D eigenvalue weighted by molar-refractivity contribution is -0.0105. The molecule has 1 aliphatic rings. The number of rotatable bonds is 3. The van der Waals surface area contributed by atoms with E-state index < -0.39 is 12.2 Å². The van der Waals surface area contributed by atoms with E-state index in [0.29, 0.717) is 12.2 Å². The SMILES string of the molecule is CC(C)C(O)C(O)c1cccc2c1OCC2. The molecule has 0 bridgehead atoms. The molecule has 2 atom stereocenters. The Morgan fingerprint density at radius 3 is 2.69 bits per heavy atom. The quantitative estimate of drug-likeness (QED) is 0.818. The van der Waals surface area contributed by atoms with Crippen LogP contribution in [-0.4, -0.2) is 22.9 Å². The summed E-state index contributed by atoms with van der Waals surface area (Å²) in [4.78, 5) is 0. The van der Waals surface area contributed by atoms with E-state index in [-0.39, 0.29) is 5.92 Å². The van der Waals surface area contributed by atoms with Gasteiger partial charge in [0.05, 0.1) is 12.7 Å². The summed E-state index contributed by atoms with van der Waals surface area (Å²) in [6.45, 7) is 4.44. The normalized spacial score (nSPS) is 18.1. The third-order valence-corrected chi connectivity index (χ3v) is 3.07. The maximum atomic E-state index is 10.1. The number of aliphatic hydroxyl groups is 2. The molecule has 2 unspecified atom stereocenters. The number of hydrogen-bond donors (Lipinski definition) is 2. The summed E-state index contributed by atoms with van der Waals surface area (Å²) in [5.74, 6) is 0.780. The monoisotopic (exact) mass is 222 g/mol. The number of ether oxygens (including phenoxy) is 1. The van der Waals surface area contributed by atoms with Gasteiger partial charge in [-0.3, -0.25) is 0 Å². The molecule has 2 N–H and O–H groups in total. The molecule has 3 nitrogen and oxygen atoms in total. The molecule has 3 heteroatoms. The van der Waals surface area contributed by atoms with E-state index in [2.05, 4.69) is 0 Å². The van der Waals surface area contributed by atoms with Crippen molar-refractivity contribution in [3.63, 3.8) is 0 Å². The minimum Gasteiger partial charge on any atom is -0.493 e. The summed E-state index contributed by atoms with van der Waals surface area (Å²) in [5.41, 5.74) is 1.82. The van der Waals surface area contributed by atoms with Crippen LogP contribution in [0, 0.1) is 5.92 Å². The van der Waals surface area contributed by atoms with Gasteiger partial charge in [-0.05, 0) is 11.5 Å². The van der Waals surface area contributed by atoms with Gasteiger partial charge in [0.2, 0.25) is 0 Å². The second-order valence-electron chi connectivity index (χ2n) is 4.61. The van der Waals surface area contributed by atoms with Crippen molar-refractivity contribution < 1.29 is 14.9 Å². The molecule has 0 fully saturated rings. The average Bonchev–Trinajstić information content (AvgIpc) is 2.74. The molecule has 2 rings (SSSR count). The smallest absolute Gasteiger partial charge is 0.128 e. The van der Waals surface area contributed by atoms with Gasteiger partial charge in [-0.15, -0.1) is 0 Å². The molecule has 16 heavy (non-hydrogen) atoms. The van der Waals surface area contributed by atoms with E-state index in [1.807, 2.05) is 32.0 Å². The predicted octanol–water partition coefficient (Wildman–Crippen LogP) is 1.67. The van der Waals surface area contributed by atoms with Crippen LogP contribution in [0.3, 0.4) is 0 Å². The lowest BCUT2D eigenvalue weighted by Crippen LogP contribution is -2.24. The van der Waals surface area contributed by atoms with E-state index >= 15 is 0 Å². The lowest BCUT2D eigenvalue weighted by atomic mass is 9.94. The van der Waals surface area contributed by atoms with Gasteiger partial charge >= 0.3 is 0 Å². The molecule has 1 aromatic rings. The van der Waals surface area contributed by atoms with Crippen LogP contribution in [0.25, 0.3) is 0 Å². The molecule has 88 valence electrons. The summed E-state index contributed by atoms with van der Waals surface area (Å²) < 4.78 is 5.51. The second kappa shape index (κ2) is 4.44. The van der Waals surface area contributed by atoms with E-state index in [1.54, 1.807) is 0 Å². The van der Waals surface area contributed by atoms with Crippen molar-refractivity contribution in [1.82, 2.24) is 0 Å². The number of fused-ring (bicyclic) bond motifs is 1. The number of aliphatic hydroxyl groups excluding tert-OH is 2. The Morgan fingerprint density at radius 1 is 1.25 bits per heavy atom. The topological polar surface area (TPSA) is 49.7 Å². The molecule has 0 spiro atoms. The van der Waals surface area contributed by atoms with Crippen molar-refractivity contribution in [3.8, 4) is 5.75 Å². The fourth-order valence-electron chi connectivity index (χ4n) is 2.02. The van der Waals surface area contributed by atoms with Gasteiger partial charge in [-0.1, -0.05) is 32.0 Å². The second-order valence-corrected chi connectivity index (χ2v) is 4.61. The Labute approximate surface area is 95.7 Å². The molecule has 0 saturated carbocycles. The standard InChI is InChI=1S/C13H18O3/c1-8(2)11(14)12(15)10-5-3-4-9-6-7-16-13(9)10/h3-5,8,11-12,14-15H,6-7H2,1-2H3. The van der Waals surface area contributed by atoms with Crippen LogP contribution >= 0.6 is 0 Å². The zero-order valence-corrected chi connectivity index (χ0v) is 9.68. The first kappa shape index (κ1) is 11.4. The van der Waals surface area contributed by atoms with Crippen molar-refractivity contribution in [2.75, 3.05) is 6.61 Å². The molecule has 1 aromatic carbocycles. The lowest BCUT2D eigenvalue weighted by Gasteiger charge is -2.22. The third-order valence-electron chi connectivity index (χ3n) is 3.07. The minimum atomic E-state index is -0.868. The van der Waals surface area contributed by atoms with Gasteiger partial charge in [0, 0.05) is 12.0 Å². The maximum absolute atomic E-state index is 10.1. The summed E-state index contributed by atoms with van der Waals surface area (Å²) >= 11 is 0. The Morgan fingerprint density at radius 2 is 2.00 bits per heavy atom. The van der Waals surface area contributed by atoms with E-state index in [1.165, 1.54) is 0 Å². The third kappa shape index (κ3) is 1.93. The molecular formula is C13H18O3. The van der Waals surface area contributed by atoms with Crippen LogP contribution in [-0.2, 0) is 6.42 Å². The van der Waals surface area contributed by atoms with E-state index in [4.69, 9.17) is 4.74 Å². The number of benzene rings is 1.